The van der Waals surface area contributed by atoms with Gasteiger partial charge in [-0.05, 0) is 57.7 Å². The number of carbonyl (C=O) groups is 1. The maximum Gasteiger partial charge on any atom is 0.255 e. The molecular formula is C16H14Br2N2O. The van der Waals surface area contributed by atoms with E-state index in [2.05, 4.69) is 31.9 Å². The van der Waals surface area contributed by atoms with Crippen molar-refractivity contribution in [2.24, 2.45) is 0 Å². The number of fused-ring (bicyclic) bond motifs is 1. The number of halogens is 2. The summed E-state index contributed by atoms with van der Waals surface area (Å²) in [6.07, 6.45) is 0.807. The van der Waals surface area contributed by atoms with Crippen LogP contribution in [0.3, 0.4) is 0 Å². The van der Waals surface area contributed by atoms with Crippen LogP contribution in [0, 0.1) is 0 Å². The average molecular weight is 410 g/mol. The summed E-state index contributed by atoms with van der Waals surface area (Å²) in [6, 6.07) is 11.5. The van der Waals surface area contributed by atoms with Crippen molar-refractivity contribution in [1.82, 2.24) is 4.90 Å². The maximum atomic E-state index is 12.7. The van der Waals surface area contributed by atoms with E-state index in [1.54, 1.807) is 0 Å². The molecule has 3 rings (SSSR count). The van der Waals surface area contributed by atoms with E-state index in [1.807, 2.05) is 41.3 Å². The lowest BCUT2D eigenvalue weighted by molar-refractivity contribution is 0.0734. The van der Waals surface area contributed by atoms with Gasteiger partial charge in [-0.25, -0.2) is 0 Å². The molecule has 0 radical (unpaired) electrons. The van der Waals surface area contributed by atoms with Crippen molar-refractivity contribution >= 4 is 43.5 Å². The van der Waals surface area contributed by atoms with Crippen LogP contribution >= 0.6 is 31.9 Å². The van der Waals surface area contributed by atoms with Crippen molar-refractivity contribution in [2.45, 2.75) is 13.0 Å². The number of nitrogen functional groups attached to an aromatic ring is 1. The zero-order chi connectivity index (χ0) is 15.0. The quantitative estimate of drug-likeness (QED) is 0.723. The van der Waals surface area contributed by atoms with Gasteiger partial charge in [-0.2, -0.15) is 0 Å². The second kappa shape index (κ2) is 5.81. The second-order valence-electron chi connectivity index (χ2n) is 5.09. The van der Waals surface area contributed by atoms with Crippen molar-refractivity contribution in [3.63, 3.8) is 0 Å². The molecule has 1 heterocycles. The van der Waals surface area contributed by atoms with E-state index in [-0.39, 0.29) is 5.91 Å². The van der Waals surface area contributed by atoms with Crippen LogP contribution in [0.4, 0.5) is 5.69 Å². The van der Waals surface area contributed by atoms with Crippen molar-refractivity contribution in [2.75, 3.05) is 12.3 Å². The van der Waals surface area contributed by atoms with Gasteiger partial charge in [0.2, 0.25) is 0 Å². The smallest absolute Gasteiger partial charge is 0.255 e. The molecule has 108 valence electrons. The van der Waals surface area contributed by atoms with Gasteiger partial charge in [-0.3, -0.25) is 4.79 Å². The van der Waals surface area contributed by atoms with Crippen molar-refractivity contribution in [1.29, 1.82) is 0 Å². The van der Waals surface area contributed by atoms with Crippen LogP contribution in [-0.2, 0) is 13.0 Å². The fourth-order valence-corrected chi connectivity index (χ4v) is 3.86. The zero-order valence-corrected chi connectivity index (χ0v) is 14.4. The minimum absolute atomic E-state index is 0.0439. The first kappa shape index (κ1) is 14.6. The number of hydrogen-bond donors (Lipinski definition) is 1. The van der Waals surface area contributed by atoms with Gasteiger partial charge in [0.05, 0.1) is 5.56 Å². The van der Waals surface area contributed by atoms with Gasteiger partial charge in [-0.15, -0.1) is 0 Å². The van der Waals surface area contributed by atoms with Crippen molar-refractivity contribution in [3.8, 4) is 0 Å². The SMILES string of the molecule is Nc1cccc2c1CCN(C(=O)c1ccc(Br)cc1Br)C2. The Kier molecular flexibility index (Phi) is 4.04. The number of nitrogens with two attached hydrogens (primary N) is 1. The Hall–Kier alpha value is -1.33. The topological polar surface area (TPSA) is 46.3 Å². The highest BCUT2D eigenvalue weighted by atomic mass is 79.9. The molecule has 0 saturated carbocycles. The lowest BCUT2D eigenvalue weighted by Gasteiger charge is -2.30. The Balaban J connectivity index is 1.87. The molecule has 0 unspecified atom stereocenters. The van der Waals surface area contributed by atoms with Gasteiger partial charge in [0, 0.05) is 27.7 Å². The van der Waals surface area contributed by atoms with Crippen LogP contribution < -0.4 is 5.73 Å². The molecule has 2 aromatic carbocycles. The first-order valence-corrected chi connectivity index (χ1v) is 8.25. The van der Waals surface area contributed by atoms with Gasteiger partial charge < -0.3 is 10.6 Å². The van der Waals surface area contributed by atoms with Gasteiger partial charge in [-0.1, -0.05) is 28.1 Å². The monoisotopic (exact) mass is 408 g/mol. The molecule has 3 nitrogen and oxygen atoms in total. The summed E-state index contributed by atoms with van der Waals surface area (Å²) in [6.45, 7) is 1.31. The summed E-state index contributed by atoms with van der Waals surface area (Å²) in [7, 11) is 0. The lowest BCUT2D eigenvalue weighted by atomic mass is 9.97. The third-order valence-electron chi connectivity index (χ3n) is 3.75. The van der Waals surface area contributed by atoms with E-state index in [0.717, 1.165) is 26.6 Å². The lowest BCUT2D eigenvalue weighted by Crippen LogP contribution is -2.36. The van der Waals surface area contributed by atoms with Crippen LogP contribution in [0.5, 0.6) is 0 Å². The summed E-state index contributed by atoms with van der Waals surface area (Å²) < 4.78 is 1.75. The first-order valence-electron chi connectivity index (χ1n) is 6.67. The number of nitrogens with zero attached hydrogens (tertiary/aromatic N) is 1. The molecule has 5 heteroatoms. The summed E-state index contributed by atoms with van der Waals surface area (Å²) >= 11 is 6.86. The molecule has 1 aliphatic heterocycles. The number of rotatable bonds is 1. The van der Waals surface area contributed by atoms with Crippen LogP contribution in [0.25, 0.3) is 0 Å². The Labute approximate surface area is 140 Å². The molecular weight excluding hydrogens is 396 g/mol. The van der Waals surface area contributed by atoms with Crippen LogP contribution in [0.1, 0.15) is 21.5 Å². The largest absolute Gasteiger partial charge is 0.398 e. The molecule has 2 aromatic rings. The molecule has 21 heavy (non-hydrogen) atoms. The van der Waals surface area contributed by atoms with Gasteiger partial charge in [0.1, 0.15) is 0 Å². The minimum Gasteiger partial charge on any atom is -0.398 e. The Morgan fingerprint density at radius 1 is 1.19 bits per heavy atom. The van der Waals surface area contributed by atoms with Crippen LogP contribution in [0.2, 0.25) is 0 Å². The Morgan fingerprint density at radius 2 is 2.00 bits per heavy atom. The highest BCUT2D eigenvalue weighted by Crippen LogP contribution is 2.27. The summed E-state index contributed by atoms with van der Waals surface area (Å²) in [4.78, 5) is 14.5. The molecule has 0 fully saturated rings. The van der Waals surface area contributed by atoms with Gasteiger partial charge in [0.25, 0.3) is 5.91 Å². The highest BCUT2D eigenvalue weighted by Gasteiger charge is 2.24. The third kappa shape index (κ3) is 2.85. The predicted octanol–water partition coefficient (Wildman–Crippen LogP) is 3.99. The fraction of sp³-hybridized carbons (Fsp3) is 0.188. The molecule has 0 bridgehead atoms. The van der Waals surface area contributed by atoms with Crippen molar-refractivity contribution < 1.29 is 4.79 Å². The fourth-order valence-electron chi connectivity index (χ4n) is 2.65. The summed E-state index contributed by atoms with van der Waals surface area (Å²) in [5.74, 6) is 0.0439. The predicted molar refractivity (Wildman–Crippen MR) is 91.1 cm³/mol. The number of carbonyl (C=O) groups excluding carboxylic acids is 1. The normalized spacial score (nSPS) is 13.9. The van der Waals surface area contributed by atoms with E-state index in [4.69, 9.17) is 5.73 Å². The Bertz CT molecular complexity index is 715. The van der Waals surface area contributed by atoms with E-state index < -0.39 is 0 Å². The Morgan fingerprint density at radius 3 is 2.76 bits per heavy atom. The number of hydrogen-bond acceptors (Lipinski definition) is 2. The van der Waals surface area contributed by atoms with Crippen molar-refractivity contribution in [3.05, 3.63) is 62.0 Å². The molecule has 0 aliphatic carbocycles. The molecule has 0 aromatic heterocycles. The van der Waals surface area contributed by atoms with E-state index >= 15 is 0 Å². The van der Waals surface area contributed by atoms with Crippen LogP contribution in [0.15, 0.2) is 45.3 Å². The number of amides is 1. The highest BCUT2D eigenvalue weighted by molar-refractivity contribution is 9.11. The van der Waals surface area contributed by atoms with E-state index in [1.165, 1.54) is 5.56 Å². The number of benzene rings is 2. The molecule has 2 N–H and O–H groups in total. The van der Waals surface area contributed by atoms with Gasteiger partial charge in [0.15, 0.2) is 0 Å². The third-order valence-corrected chi connectivity index (χ3v) is 4.90. The molecule has 0 spiro atoms. The molecule has 0 atom stereocenters. The average Bonchev–Trinajstić information content (AvgIpc) is 2.46. The van der Waals surface area contributed by atoms with Crippen LogP contribution in [-0.4, -0.2) is 17.4 Å². The molecule has 1 amide bonds. The van der Waals surface area contributed by atoms with E-state index in [9.17, 15) is 4.79 Å². The standard InChI is InChI=1S/C16H14Br2N2O/c17-11-4-5-13(14(18)8-11)16(21)20-7-6-12-10(9-20)2-1-3-15(12)19/h1-5,8H,6-7,9,19H2. The zero-order valence-electron chi connectivity index (χ0n) is 11.3. The maximum absolute atomic E-state index is 12.7. The summed E-state index contributed by atoms with van der Waals surface area (Å²) in [5, 5.41) is 0. The molecule has 1 aliphatic rings. The second-order valence-corrected chi connectivity index (χ2v) is 6.86. The number of anilines is 1. The van der Waals surface area contributed by atoms with E-state index in [0.29, 0.717) is 18.7 Å². The molecule has 0 saturated heterocycles. The first-order chi connectivity index (χ1) is 10.1. The van der Waals surface area contributed by atoms with Gasteiger partial charge >= 0.3 is 0 Å². The summed E-state index contributed by atoms with van der Waals surface area (Å²) in [5.41, 5.74) is 9.83. The minimum atomic E-state index is 0.0439.